The number of nitrogens with one attached hydrogen (secondary N) is 1. The van der Waals surface area contributed by atoms with Gasteiger partial charge in [0.05, 0.1) is 29.9 Å². The Bertz CT molecular complexity index is 1230. The van der Waals surface area contributed by atoms with Gasteiger partial charge in [-0.15, -0.1) is 0 Å². The third-order valence-electron chi connectivity index (χ3n) is 5.03. The topological polar surface area (TPSA) is 102 Å². The number of sulfonamides is 1. The van der Waals surface area contributed by atoms with E-state index in [4.69, 9.17) is 4.74 Å². The number of imidazole rings is 1. The van der Waals surface area contributed by atoms with Crippen LogP contribution < -0.4 is 9.62 Å². The van der Waals surface area contributed by atoms with Gasteiger partial charge in [0, 0.05) is 31.4 Å². The molecule has 0 aromatic carbocycles. The molecule has 172 valence electrons. The molecule has 0 radical (unpaired) electrons. The summed E-state index contributed by atoms with van der Waals surface area (Å²) in [5.74, 6) is 0.656. The molecule has 0 spiro atoms. The second kappa shape index (κ2) is 8.34. The Morgan fingerprint density at radius 2 is 2.06 bits per heavy atom. The van der Waals surface area contributed by atoms with Crippen molar-refractivity contribution < 1.29 is 21.9 Å². The second-order valence-corrected chi connectivity index (χ2v) is 10.2. The lowest BCUT2D eigenvalue weighted by Gasteiger charge is -2.43. The van der Waals surface area contributed by atoms with Crippen LogP contribution in [0.2, 0.25) is 0 Å². The fourth-order valence-electron chi connectivity index (χ4n) is 3.77. The Morgan fingerprint density at radius 1 is 1.28 bits per heavy atom. The lowest BCUT2D eigenvalue weighted by atomic mass is 10.0. The number of morpholine rings is 1. The Kier molecular flexibility index (Phi) is 5.86. The highest BCUT2D eigenvalue weighted by Gasteiger charge is 2.34. The number of rotatable bonds is 6. The number of halogens is 2. The molecular formula is C20H24F2N6O3S. The third kappa shape index (κ3) is 5.03. The van der Waals surface area contributed by atoms with E-state index in [1.54, 1.807) is 18.5 Å². The summed E-state index contributed by atoms with van der Waals surface area (Å²) in [5, 5.41) is 4.02. The maximum atomic E-state index is 13.1. The maximum Gasteiger partial charge on any atom is 0.282 e. The summed E-state index contributed by atoms with van der Waals surface area (Å²) in [4.78, 5) is 10.7. The highest BCUT2D eigenvalue weighted by atomic mass is 32.2. The SMILES string of the molecule is CC1(C)CN(c2cc(-c3cnc4ccc(C(F)F)nn34)ccn2)C[C@H](CNS(C)(=O)=O)O1. The number of nitrogens with zero attached hydrogens (tertiary/aromatic N) is 5. The van der Waals surface area contributed by atoms with E-state index in [1.165, 1.54) is 16.6 Å². The van der Waals surface area contributed by atoms with Crippen LogP contribution in [0.4, 0.5) is 14.6 Å². The minimum absolute atomic E-state index is 0.145. The third-order valence-corrected chi connectivity index (χ3v) is 5.72. The monoisotopic (exact) mass is 466 g/mol. The summed E-state index contributed by atoms with van der Waals surface area (Å²) >= 11 is 0. The van der Waals surface area contributed by atoms with Crippen LogP contribution in [0.1, 0.15) is 26.0 Å². The van der Waals surface area contributed by atoms with E-state index in [0.717, 1.165) is 11.8 Å². The number of fused-ring (bicyclic) bond motifs is 1. The zero-order valence-corrected chi connectivity index (χ0v) is 18.7. The van der Waals surface area contributed by atoms with E-state index in [-0.39, 0.29) is 18.3 Å². The van der Waals surface area contributed by atoms with Crippen molar-refractivity contribution in [2.75, 3.05) is 30.8 Å². The number of hydrogen-bond donors (Lipinski definition) is 1. The lowest BCUT2D eigenvalue weighted by Crippen LogP contribution is -2.56. The molecule has 1 aliphatic rings. The Balaban J connectivity index is 1.64. The predicted octanol–water partition coefficient (Wildman–Crippen LogP) is 2.26. The molecule has 0 bridgehead atoms. The van der Waals surface area contributed by atoms with Crippen LogP contribution in [-0.4, -0.2) is 65.6 Å². The molecule has 4 heterocycles. The minimum atomic E-state index is -3.34. The average molecular weight is 467 g/mol. The molecule has 3 aromatic heterocycles. The molecule has 32 heavy (non-hydrogen) atoms. The number of alkyl halides is 2. The number of ether oxygens (including phenoxy) is 1. The first-order chi connectivity index (χ1) is 15.0. The highest BCUT2D eigenvalue weighted by Crippen LogP contribution is 2.29. The maximum absolute atomic E-state index is 13.1. The van der Waals surface area contributed by atoms with Crippen molar-refractivity contribution in [3.8, 4) is 11.3 Å². The zero-order valence-electron chi connectivity index (χ0n) is 17.9. The van der Waals surface area contributed by atoms with Crippen molar-refractivity contribution in [1.82, 2.24) is 24.3 Å². The molecule has 0 unspecified atom stereocenters. The van der Waals surface area contributed by atoms with Crippen LogP contribution in [0.3, 0.4) is 0 Å². The molecular weight excluding hydrogens is 442 g/mol. The van der Waals surface area contributed by atoms with Crippen LogP contribution in [0.5, 0.6) is 0 Å². The van der Waals surface area contributed by atoms with Gasteiger partial charge in [-0.05, 0) is 38.1 Å². The van der Waals surface area contributed by atoms with Crippen LogP contribution in [-0.2, 0) is 14.8 Å². The number of aromatic nitrogens is 4. The van der Waals surface area contributed by atoms with Crippen LogP contribution in [0.15, 0.2) is 36.7 Å². The number of anilines is 1. The van der Waals surface area contributed by atoms with E-state index < -0.39 is 22.0 Å². The molecule has 0 amide bonds. The molecule has 12 heteroatoms. The average Bonchev–Trinajstić information content (AvgIpc) is 3.14. The van der Waals surface area contributed by atoms with Gasteiger partial charge < -0.3 is 9.64 Å². The minimum Gasteiger partial charge on any atom is -0.367 e. The first-order valence-electron chi connectivity index (χ1n) is 9.97. The largest absolute Gasteiger partial charge is 0.367 e. The van der Waals surface area contributed by atoms with Gasteiger partial charge in [0.25, 0.3) is 6.43 Å². The Hall–Kier alpha value is -2.70. The van der Waals surface area contributed by atoms with Gasteiger partial charge in [0.15, 0.2) is 5.65 Å². The molecule has 9 nitrogen and oxygen atoms in total. The van der Waals surface area contributed by atoms with E-state index in [0.29, 0.717) is 30.2 Å². The molecule has 3 aromatic rings. The molecule has 1 fully saturated rings. The molecule has 0 aliphatic carbocycles. The summed E-state index contributed by atoms with van der Waals surface area (Å²) in [5.41, 5.74) is 0.881. The number of pyridine rings is 1. The molecule has 1 saturated heterocycles. The van der Waals surface area contributed by atoms with E-state index in [2.05, 4.69) is 19.8 Å². The fraction of sp³-hybridized carbons (Fsp3) is 0.450. The van der Waals surface area contributed by atoms with Gasteiger partial charge >= 0.3 is 0 Å². The molecule has 1 atom stereocenters. The fourth-order valence-corrected chi connectivity index (χ4v) is 4.26. The van der Waals surface area contributed by atoms with Crippen molar-refractivity contribution in [2.45, 2.75) is 32.0 Å². The van der Waals surface area contributed by atoms with Crippen LogP contribution >= 0.6 is 0 Å². The van der Waals surface area contributed by atoms with Gasteiger partial charge in [0.1, 0.15) is 11.5 Å². The summed E-state index contributed by atoms with van der Waals surface area (Å²) < 4.78 is 59.1. The second-order valence-electron chi connectivity index (χ2n) is 8.38. The summed E-state index contributed by atoms with van der Waals surface area (Å²) in [7, 11) is -3.34. The lowest BCUT2D eigenvalue weighted by molar-refractivity contribution is -0.0802. The first-order valence-corrected chi connectivity index (χ1v) is 11.9. The van der Waals surface area contributed by atoms with Crippen molar-refractivity contribution >= 4 is 21.5 Å². The molecule has 1 N–H and O–H groups in total. The Morgan fingerprint density at radius 3 is 2.78 bits per heavy atom. The van der Waals surface area contributed by atoms with Gasteiger partial charge in [-0.1, -0.05) is 0 Å². The Labute approximate surface area is 184 Å². The van der Waals surface area contributed by atoms with E-state index in [9.17, 15) is 17.2 Å². The van der Waals surface area contributed by atoms with Gasteiger partial charge in [-0.2, -0.15) is 5.10 Å². The molecule has 1 aliphatic heterocycles. The summed E-state index contributed by atoms with van der Waals surface area (Å²) in [6.07, 6.45) is 1.26. The van der Waals surface area contributed by atoms with Gasteiger partial charge in [-0.25, -0.2) is 36.4 Å². The van der Waals surface area contributed by atoms with Crippen LogP contribution in [0.25, 0.3) is 16.9 Å². The van der Waals surface area contributed by atoms with Crippen LogP contribution in [0, 0.1) is 0 Å². The quantitative estimate of drug-likeness (QED) is 0.595. The smallest absolute Gasteiger partial charge is 0.282 e. The zero-order chi connectivity index (χ0) is 23.1. The summed E-state index contributed by atoms with van der Waals surface area (Å²) in [6, 6.07) is 6.36. The number of hydrogen-bond acceptors (Lipinski definition) is 7. The van der Waals surface area contributed by atoms with Gasteiger partial charge in [0.2, 0.25) is 10.0 Å². The van der Waals surface area contributed by atoms with E-state index >= 15 is 0 Å². The van der Waals surface area contributed by atoms with Gasteiger partial charge in [-0.3, -0.25) is 0 Å². The summed E-state index contributed by atoms with van der Waals surface area (Å²) in [6.45, 7) is 4.97. The molecule has 4 rings (SSSR count). The van der Waals surface area contributed by atoms with Crippen molar-refractivity contribution in [1.29, 1.82) is 0 Å². The van der Waals surface area contributed by atoms with E-state index in [1.807, 2.05) is 24.8 Å². The van der Waals surface area contributed by atoms with Crippen molar-refractivity contribution in [3.05, 3.63) is 42.4 Å². The normalized spacial score (nSPS) is 19.1. The first kappa shape index (κ1) is 22.5. The van der Waals surface area contributed by atoms with Crippen molar-refractivity contribution in [2.24, 2.45) is 0 Å². The highest BCUT2D eigenvalue weighted by molar-refractivity contribution is 7.88. The predicted molar refractivity (Wildman–Crippen MR) is 115 cm³/mol. The van der Waals surface area contributed by atoms with Crippen molar-refractivity contribution in [3.63, 3.8) is 0 Å². The molecule has 0 saturated carbocycles. The standard InChI is InChI=1S/C20H24F2N6O3S/c1-20(2)12-27(11-14(31-20)9-25-32(3,29)30)18-8-13(6-7-23-18)16-10-24-17-5-4-15(19(21)22)26-28(16)17/h4-8,10,14,19,25H,9,11-12H2,1-3H3/t14-/m0/s1.